The maximum absolute atomic E-state index is 13.0. The second-order valence-electron chi connectivity index (χ2n) is 6.75. The monoisotopic (exact) mass is 373 g/mol. The molecule has 0 aliphatic carbocycles. The molecule has 0 saturated carbocycles. The number of aromatic amines is 1. The molecule has 1 aromatic heterocycles. The number of aromatic nitrogens is 2. The number of fused-ring (bicyclic) bond motifs is 1. The van der Waals surface area contributed by atoms with Crippen LogP contribution in [0, 0.1) is 5.82 Å². The number of anilines is 1. The molecule has 3 aromatic carbocycles. The molecule has 0 spiro atoms. The number of imidazole rings is 1. The molecule has 4 aromatic rings. The largest absolute Gasteiger partial charge is 0.342 e. The van der Waals surface area contributed by atoms with Crippen molar-refractivity contribution in [3.05, 3.63) is 95.6 Å². The number of para-hydroxylation sites is 2. The highest BCUT2D eigenvalue weighted by atomic mass is 19.1. The van der Waals surface area contributed by atoms with E-state index in [0.29, 0.717) is 0 Å². The van der Waals surface area contributed by atoms with Gasteiger partial charge in [0.05, 0.1) is 17.5 Å². The van der Waals surface area contributed by atoms with E-state index in [-0.39, 0.29) is 18.1 Å². The highest BCUT2D eigenvalue weighted by Crippen LogP contribution is 2.15. The molecule has 0 bridgehead atoms. The van der Waals surface area contributed by atoms with Crippen molar-refractivity contribution in [1.29, 1.82) is 0 Å². The zero-order valence-electron chi connectivity index (χ0n) is 15.3. The number of carbonyl (C=O) groups is 1. The van der Waals surface area contributed by atoms with Crippen LogP contribution in [-0.2, 0) is 24.1 Å². The molecule has 0 saturated heterocycles. The van der Waals surface area contributed by atoms with Gasteiger partial charge in [-0.15, -0.1) is 0 Å². The van der Waals surface area contributed by atoms with Gasteiger partial charge in [-0.3, -0.25) is 4.79 Å². The maximum Gasteiger partial charge on any atom is 0.228 e. The number of carbonyl (C=O) groups excluding carboxylic acids is 1. The summed E-state index contributed by atoms with van der Waals surface area (Å²) in [7, 11) is 0. The standard InChI is InChI=1S/C23H20FN3O/c24-18-11-8-17(9-12-18)15-23(28)25-19-5-3-4-16(14-19)10-13-22-26-20-6-1-2-7-21(20)27-22/h1-9,11-12,14H,10,13,15H2,(H,25,28)(H,26,27). The first-order valence-electron chi connectivity index (χ1n) is 9.22. The van der Waals surface area contributed by atoms with Gasteiger partial charge < -0.3 is 10.3 Å². The summed E-state index contributed by atoms with van der Waals surface area (Å²) in [5, 5.41) is 2.91. The predicted octanol–water partition coefficient (Wildman–Crippen LogP) is 4.67. The lowest BCUT2D eigenvalue weighted by atomic mass is 10.1. The van der Waals surface area contributed by atoms with E-state index in [0.717, 1.165) is 46.5 Å². The molecule has 0 radical (unpaired) electrons. The van der Waals surface area contributed by atoms with E-state index in [9.17, 15) is 9.18 Å². The van der Waals surface area contributed by atoms with Gasteiger partial charge in [-0.2, -0.15) is 0 Å². The molecule has 2 N–H and O–H groups in total. The van der Waals surface area contributed by atoms with Crippen molar-refractivity contribution >= 4 is 22.6 Å². The molecular formula is C23H20FN3O. The average molecular weight is 373 g/mol. The number of H-pyrrole nitrogens is 1. The Hall–Kier alpha value is -3.47. The van der Waals surface area contributed by atoms with Crippen LogP contribution in [0.2, 0.25) is 0 Å². The summed E-state index contributed by atoms with van der Waals surface area (Å²) < 4.78 is 13.0. The number of rotatable bonds is 6. The van der Waals surface area contributed by atoms with Gasteiger partial charge in [0.2, 0.25) is 5.91 Å². The highest BCUT2D eigenvalue weighted by molar-refractivity contribution is 5.92. The van der Waals surface area contributed by atoms with Crippen LogP contribution in [0.15, 0.2) is 72.8 Å². The van der Waals surface area contributed by atoms with Crippen LogP contribution < -0.4 is 5.32 Å². The lowest BCUT2D eigenvalue weighted by Gasteiger charge is -2.07. The van der Waals surface area contributed by atoms with Crippen LogP contribution in [0.5, 0.6) is 0 Å². The van der Waals surface area contributed by atoms with E-state index in [2.05, 4.69) is 15.3 Å². The van der Waals surface area contributed by atoms with Gasteiger partial charge >= 0.3 is 0 Å². The number of nitrogens with zero attached hydrogens (tertiary/aromatic N) is 1. The lowest BCUT2D eigenvalue weighted by molar-refractivity contribution is -0.115. The smallest absolute Gasteiger partial charge is 0.228 e. The normalized spacial score (nSPS) is 10.9. The predicted molar refractivity (Wildman–Crippen MR) is 109 cm³/mol. The van der Waals surface area contributed by atoms with Gasteiger partial charge in [0.1, 0.15) is 11.6 Å². The van der Waals surface area contributed by atoms with E-state index >= 15 is 0 Å². The van der Waals surface area contributed by atoms with Gasteiger partial charge in [0.25, 0.3) is 0 Å². The first-order valence-corrected chi connectivity index (χ1v) is 9.22. The quantitative estimate of drug-likeness (QED) is 0.516. The molecule has 0 atom stereocenters. The van der Waals surface area contributed by atoms with Crippen molar-refractivity contribution in [2.24, 2.45) is 0 Å². The minimum absolute atomic E-state index is 0.124. The molecule has 0 aliphatic rings. The van der Waals surface area contributed by atoms with Crippen molar-refractivity contribution in [3.8, 4) is 0 Å². The number of hydrogen-bond acceptors (Lipinski definition) is 2. The summed E-state index contributed by atoms with van der Waals surface area (Å²) in [6.07, 6.45) is 1.83. The molecule has 1 heterocycles. The minimum Gasteiger partial charge on any atom is -0.342 e. The Balaban J connectivity index is 1.36. The third kappa shape index (κ3) is 4.43. The number of halogens is 1. The summed E-state index contributed by atoms with van der Waals surface area (Å²) in [5.74, 6) is 0.523. The second-order valence-corrected chi connectivity index (χ2v) is 6.75. The van der Waals surface area contributed by atoms with E-state index in [1.54, 1.807) is 12.1 Å². The SMILES string of the molecule is O=C(Cc1ccc(F)cc1)Nc1cccc(CCc2nc3ccccc3[nH]2)c1. The first kappa shape index (κ1) is 17.9. The van der Waals surface area contributed by atoms with E-state index < -0.39 is 0 Å². The number of amides is 1. The van der Waals surface area contributed by atoms with E-state index in [1.807, 2.05) is 48.5 Å². The Morgan fingerprint density at radius 1 is 0.929 bits per heavy atom. The fourth-order valence-electron chi connectivity index (χ4n) is 3.18. The highest BCUT2D eigenvalue weighted by Gasteiger charge is 2.06. The molecule has 28 heavy (non-hydrogen) atoms. The summed E-state index contributed by atoms with van der Waals surface area (Å²) in [6.45, 7) is 0. The topological polar surface area (TPSA) is 57.8 Å². The van der Waals surface area contributed by atoms with Crippen molar-refractivity contribution in [2.75, 3.05) is 5.32 Å². The van der Waals surface area contributed by atoms with Crippen molar-refractivity contribution in [3.63, 3.8) is 0 Å². The van der Waals surface area contributed by atoms with E-state index in [1.165, 1.54) is 12.1 Å². The average Bonchev–Trinajstić information content (AvgIpc) is 3.11. The molecule has 4 rings (SSSR count). The molecule has 0 aliphatic heterocycles. The molecule has 5 heteroatoms. The molecule has 4 nitrogen and oxygen atoms in total. The second kappa shape index (κ2) is 8.05. The van der Waals surface area contributed by atoms with Gasteiger partial charge in [0, 0.05) is 12.1 Å². The van der Waals surface area contributed by atoms with Gasteiger partial charge in [-0.1, -0.05) is 36.4 Å². The third-order valence-corrected chi connectivity index (χ3v) is 4.58. The molecule has 140 valence electrons. The zero-order chi connectivity index (χ0) is 19.3. The Morgan fingerprint density at radius 2 is 1.75 bits per heavy atom. The number of nitrogens with one attached hydrogen (secondary N) is 2. The summed E-state index contributed by atoms with van der Waals surface area (Å²) in [4.78, 5) is 20.2. The fraction of sp³-hybridized carbons (Fsp3) is 0.130. The van der Waals surface area contributed by atoms with Crippen LogP contribution in [0.4, 0.5) is 10.1 Å². The summed E-state index contributed by atoms with van der Waals surface area (Å²) in [6, 6.07) is 21.8. The van der Waals surface area contributed by atoms with Crippen LogP contribution in [0.1, 0.15) is 17.0 Å². The van der Waals surface area contributed by atoms with Gasteiger partial charge in [0.15, 0.2) is 0 Å². The Kier molecular flexibility index (Phi) is 5.15. The molecule has 0 unspecified atom stereocenters. The third-order valence-electron chi connectivity index (χ3n) is 4.58. The molecule has 1 amide bonds. The minimum atomic E-state index is -0.304. The first-order chi connectivity index (χ1) is 13.7. The summed E-state index contributed by atoms with van der Waals surface area (Å²) in [5.41, 5.74) is 4.67. The van der Waals surface area contributed by atoms with E-state index in [4.69, 9.17) is 0 Å². The van der Waals surface area contributed by atoms with Crippen LogP contribution >= 0.6 is 0 Å². The van der Waals surface area contributed by atoms with Crippen molar-refractivity contribution in [2.45, 2.75) is 19.3 Å². The molecular weight excluding hydrogens is 353 g/mol. The van der Waals surface area contributed by atoms with Gasteiger partial charge in [-0.25, -0.2) is 9.37 Å². The van der Waals surface area contributed by atoms with Crippen LogP contribution in [-0.4, -0.2) is 15.9 Å². The Bertz CT molecular complexity index is 1070. The fourth-order valence-corrected chi connectivity index (χ4v) is 3.18. The molecule has 0 fully saturated rings. The number of hydrogen-bond donors (Lipinski definition) is 2. The Labute approximate surface area is 162 Å². The summed E-state index contributed by atoms with van der Waals surface area (Å²) >= 11 is 0. The van der Waals surface area contributed by atoms with Gasteiger partial charge in [-0.05, 0) is 53.9 Å². The lowest BCUT2D eigenvalue weighted by Crippen LogP contribution is -2.14. The maximum atomic E-state index is 13.0. The van der Waals surface area contributed by atoms with Crippen molar-refractivity contribution < 1.29 is 9.18 Å². The zero-order valence-corrected chi connectivity index (χ0v) is 15.3. The van der Waals surface area contributed by atoms with Crippen LogP contribution in [0.25, 0.3) is 11.0 Å². The van der Waals surface area contributed by atoms with Crippen molar-refractivity contribution in [1.82, 2.24) is 9.97 Å². The number of aryl methyl sites for hydroxylation is 2. The number of benzene rings is 3. The van der Waals surface area contributed by atoms with Crippen LogP contribution in [0.3, 0.4) is 0 Å². The Morgan fingerprint density at radius 3 is 2.57 bits per heavy atom.